The molecule has 0 unspecified atom stereocenters. The third-order valence-corrected chi connectivity index (χ3v) is 3.52. The number of hydrogen-bond donors (Lipinski definition) is 1. The quantitative estimate of drug-likeness (QED) is 0.927. The van der Waals surface area contributed by atoms with Crippen molar-refractivity contribution in [3.8, 4) is 5.75 Å². The summed E-state index contributed by atoms with van der Waals surface area (Å²) in [5, 5.41) is 8.90. The molecule has 0 aliphatic heterocycles. The Bertz CT molecular complexity index is 652. The van der Waals surface area contributed by atoms with Gasteiger partial charge in [-0.1, -0.05) is 6.07 Å². The van der Waals surface area contributed by atoms with Gasteiger partial charge in [0.25, 0.3) is 0 Å². The smallest absolute Gasteiger partial charge is 0.354 e. The molecule has 1 N–H and O–H groups in total. The van der Waals surface area contributed by atoms with Gasteiger partial charge < -0.3 is 9.84 Å². The van der Waals surface area contributed by atoms with Crippen LogP contribution in [0.5, 0.6) is 5.75 Å². The molecule has 0 saturated carbocycles. The summed E-state index contributed by atoms with van der Waals surface area (Å²) in [6.07, 6.45) is 4.98. The number of aryl methyl sites for hydroxylation is 2. The number of carbonyl (C=O) groups is 1. The highest BCUT2D eigenvalue weighted by molar-refractivity contribution is 5.85. The number of pyridine rings is 1. The minimum atomic E-state index is -1.02. The Morgan fingerprint density at radius 1 is 1.20 bits per heavy atom. The Kier molecular flexibility index (Phi) is 3.37. The number of ether oxygens (including phenoxy) is 1. The molecule has 0 spiro atoms. The van der Waals surface area contributed by atoms with Gasteiger partial charge in [-0.3, -0.25) is 0 Å². The van der Waals surface area contributed by atoms with Crippen LogP contribution in [0.1, 0.15) is 33.6 Å². The van der Waals surface area contributed by atoms with E-state index in [1.165, 1.54) is 29.8 Å². The third-order valence-electron chi connectivity index (χ3n) is 3.52. The second kappa shape index (κ2) is 5.33. The maximum Gasteiger partial charge on any atom is 0.354 e. The van der Waals surface area contributed by atoms with Gasteiger partial charge in [0.2, 0.25) is 0 Å². The number of hydrogen-bond acceptors (Lipinski definition) is 3. The standard InChI is InChI=1S/C16H15NO3/c18-16(19)15-8-11(6-7-17-15)10-20-14-5-4-12-2-1-3-13(12)9-14/h4-9H,1-3,10H2,(H,18,19). The number of rotatable bonds is 4. The Labute approximate surface area is 117 Å². The predicted molar refractivity (Wildman–Crippen MR) is 74.0 cm³/mol. The number of carboxylic acids is 1. The van der Waals surface area contributed by atoms with Crippen molar-refractivity contribution in [2.24, 2.45) is 0 Å². The average molecular weight is 269 g/mol. The fourth-order valence-corrected chi connectivity index (χ4v) is 2.49. The van der Waals surface area contributed by atoms with E-state index < -0.39 is 5.97 Å². The summed E-state index contributed by atoms with van der Waals surface area (Å²) in [7, 11) is 0. The number of fused-ring (bicyclic) bond motifs is 1. The molecule has 0 atom stereocenters. The molecule has 20 heavy (non-hydrogen) atoms. The van der Waals surface area contributed by atoms with Gasteiger partial charge in [-0.05, 0) is 60.2 Å². The number of carboxylic acid groups (broad SMARTS) is 1. The van der Waals surface area contributed by atoms with Crippen LogP contribution in [-0.4, -0.2) is 16.1 Å². The van der Waals surface area contributed by atoms with E-state index in [9.17, 15) is 4.79 Å². The lowest BCUT2D eigenvalue weighted by atomic mass is 10.1. The highest BCUT2D eigenvalue weighted by Gasteiger charge is 2.11. The van der Waals surface area contributed by atoms with Crippen LogP contribution in [-0.2, 0) is 19.4 Å². The van der Waals surface area contributed by atoms with Crippen molar-refractivity contribution >= 4 is 5.97 Å². The highest BCUT2D eigenvalue weighted by atomic mass is 16.5. The van der Waals surface area contributed by atoms with Gasteiger partial charge in [-0.2, -0.15) is 0 Å². The first-order valence-electron chi connectivity index (χ1n) is 6.65. The number of nitrogens with zero attached hydrogens (tertiary/aromatic N) is 1. The van der Waals surface area contributed by atoms with Crippen molar-refractivity contribution in [2.75, 3.05) is 0 Å². The Balaban J connectivity index is 1.70. The summed E-state index contributed by atoms with van der Waals surface area (Å²) >= 11 is 0. The molecule has 0 radical (unpaired) electrons. The van der Waals surface area contributed by atoms with Crippen LogP contribution in [0.15, 0.2) is 36.5 Å². The largest absolute Gasteiger partial charge is 0.489 e. The van der Waals surface area contributed by atoms with E-state index in [4.69, 9.17) is 9.84 Å². The van der Waals surface area contributed by atoms with Crippen LogP contribution in [0.4, 0.5) is 0 Å². The van der Waals surface area contributed by atoms with E-state index in [1.54, 1.807) is 6.07 Å². The first-order valence-corrected chi connectivity index (χ1v) is 6.65. The monoisotopic (exact) mass is 269 g/mol. The first kappa shape index (κ1) is 12.7. The molecule has 3 rings (SSSR count). The van der Waals surface area contributed by atoms with Crippen LogP contribution < -0.4 is 4.74 Å². The molecular weight excluding hydrogens is 254 g/mol. The fraction of sp³-hybridized carbons (Fsp3) is 0.250. The normalized spacial score (nSPS) is 13.0. The molecule has 4 nitrogen and oxygen atoms in total. The molecule has 1 aromatic carbocycles. The second-order valence-corrected chi connectivity index (χ2v) is 4.93. The average Bonchev–Trinajstić information content (AvgIpc) is 2.93. The molecule has 0 fully saturated rings. The van der Waals surface area contributed by atoms with Crippen molar-refractivity contribution in [2.45, 2.75) is 25.9 Å². The van der Waals surface area contributed by atoms with E-state index in [0.29, 0.717) is 6.61 Å². The summed E-state index contributed by atoms with van der Waals surface area (Å²) in [6.45, 7) is 0.349. The van der Waals surface area contributed by atoms with Gasteiger partial charge in [0.15, 0.2) is 0 Å². The SMILES string of the molecule is O=C(O)c1cc(COc2ccc3c(c2)CCC3)ccn1. The molecule has 1 aliphatic carbocycles. The van der Waals surface area contributed by atoms with E-state index in [2.05, 4.69) is 17.1 Å². The maximum absolute atomic E-state index is 10.9. The number of aromatic nitrogens is 1. The summed E-state index contributed by atoms with van der Waals surface area (Å²) in [5.41, 5.74) is 3.62. The summed E-state index contributed by atoms with van der Waals surface area (Å²) in [4.78, 5) is 14.6. The first-order chi connectivity index (χ1) is 9.72. The third kappa shape index (κ3) is 2.64. The molecule has 102 valence electrons. The van der Waals surface area contributed by atoms with Crippen LogP contribution in [0, 0.1) is 0 Å². The Morgan fingerprint density at radius 3 is 2.90 bits per heavy atom. The fourth-order valence-electron chi connectivity index (χ4n) is 2.49. The van der Waals surface area contributed by atoms with Crippen molar-refractivity contribution in [1.29, 1.82) is 0 Å². The van der Waals surface area contributed by atoms with Crippen LogP contribution in [0.25, 0.3) is 0 Å². The predicted octanol–water partition coefficient (Wildman–Crippen LogP) is 2.85. The molecule has 0 amide bonds. The minimum absolute atomic E-state index is 0.0417. The molecule has 1 aliphatic rings. The summed E-state index contributed by atoms with van der Waals surface area (Å²) < 4.78 is 5.73. The summed E-state index contributed by atoms with van der Waals surface area (Å²) in [5.74, 6) is -0.191. The van der Waals surface area contributed by atoms with E-state index >= 15 is 0 Å². The molecule has 0 saturated heterocycles. The zero-order chi connectivity index (χ0) is 13.9. The van der Waals surface area contributed by atoms with Crippen LogP contribution in [0.2, 0.25) is 0 Å². The van der Waals surface area contributed by atoms with Gasteiger partial charge in [-0.15, -0.1) is 0 Å². The van der Waals surface area contributed by atoms with E-state index in [-0.39, 0.29) is 5.69 Å². The molecule has 4 heteroatoms. The Hall–Kier alpha value is -2.36. The lowest BCUT2D eigenvalue weighted by Crippen LogP contribution is -2.03. The zero-order valence-corrected chi connectivity index (χ0v) is 11.0. The minimum Gasteiger partial charge on any atom is -0.489 e. The highest BCUT2D eigenvalue weighted by Crippen LogP contribution is 2.26. The van der Waals surface area contributed by atoms with Gasteiger partial charge in [0.05, 0.1) is 0 Å². The van der Waals surface area contributed by atoms with Crippen molar-refractivity contribution < 1.29 is 14.6 Å². The maximum atomic E-state index is 10.9. The Morgan fingerprint density at radius 2 is 2.05 bits per heavy atom. The zero-order valence-electron chi connectivity index (χ0n) is 11.0. The number of aromatic carboxylic acids is 1. The van der Waals surface area contributed by atoms with E-state index in [1.807, 2.05) is 6.07 Å². The van der Waals surface area contributed by atoms with Crippen molar-refractivity contribution in [3.05, 3.63) is 58.9 Å². The molecule has 2 aromatic rings. The van der Waals surface area contributed by atoms with Gasteiger partial charge in [-0.25, -0.2) is 9.78 Å². The van der Waals surface area contributed by atoms with Crippen LogP contribution >= 0.6 is 0 Å². The van der Waals surface area contributed by atoms with Crippen molar-refractivity contribution in [1.82, 2.24) is 4.98 Å². The van der Waals surface area contributed by atoms with Gasteiger partial charge in [0, 0.05) is 6.20 Å². The second-order valence-electron chi connectivity index (χ2n) is 4.93. The molecular formula is C16H15NO3. The van der Waals surface area contributed by atoms with Gasteiger partial charge >= 0.3 is 5.97 Å². The topological polar surface area (TPSA) is 59.4 Å². The van der Waals surface area contributed by atoms with Crippen LogP contribution in [0.3, 0.4) is 0 Å². The molecule has 1 aromatic heterocycles. The lowest BCUT2D eigenvalue weighted by Gasteiger charge is -2.08. The summed E-state index contributed by atoms with van der Waals surface area (Å²) in [6, 6.07) is 9.48. The van der Waals surface area contributed by atoms with Crippen molar-refractivity contribution in [3.63, 3.8) is 0 Å². The van der Waals surface area contributed by atoms with Gasteiger partial charge in [0.1, 0.15) is 18.1 Å². The molecule has 1 heterocycles. The molecule has 0 bridgehead atoms. The number of benzene rings is 1. The van der Waals surface area contributed by atoms with E-state index in [0.717, 1.165) is 24.2 Å². The lowest BCUT2D eigenvalue weighted by molar-refractivity contribution is 0.0690.